The number of benzene rings is 4. The van der Waals surface area contributed by atoms with Crippen LogP contribution in [0.1, 0.15) is 76.9 Å². The number of nitrogens with one attached hydrogen (secondary N) is 5. The SMILES string of the molecule is COc1cccc(NC(=O)[C@H](CCC(=O)OC(C)(C)C)NC(=O)[C@@H](CC(=O)OC(C)(C)C)NC(=O)[C@H](Cc2ccc3ccccc3c2)NC(=O)c2cc3cc(Cl)ccc3[nH]2)c1. The van der Waals surface area contributed by atoms with Crippen molar-refractivity contribution in [2.75, 3.05) is 12.4 Å². The molecule has 0 fully saturated rings. The number of carbonyl (C=O) groups is 6. The molecular weight excluding hydrogens is 802 g/mol. The molecule has 0 saturated heterocycles. The van der Waals surface area contributed by atoms with Crippen LogP contribution in [0, 0.1) is 0 Å². The van der Waals surface area contributed by atoms with Gasteiger partial charge in [-0.05, 0) is 101 Å². The Bertz CT molecular complexity index is 2420. The smallest absolute Gasteiger partial charge is 0.308 e. The molecule has 1 aromatic heterocycles. The molecule has 0 aliphatic heterocycles. The van der Waals surface area contributed by atoms with Gasteiger partial charge in [-0.3, -0.25) is 28.8 Å². The molecule has 4 aromatic carbocycles. The van der Waals surface area contributed by atoms with E-state index in [-0.39, 0.29) is 25.0 Å². The molecule has 0 bridgehead atoms. The fourth-order valence-electron chi connectivity index (χ4n) is 6.43. The number of amides is 4. The second-order valence-corrected chi connectivity index (χ2v) is 17.0. The summed E-state index contributed by atoms with van der Waals surface area (Å²) in [5, 5.41) is 13.9. The molecule has 15 heteroatoms. The van der Waals surface area contributed by atoms with Crippen LogP contribution in [-0.2, 0) is 39.9 Å². The van der Waals surface area contributed by atoms with E-state index in [0.29, 0.717) is 32.9 Å². The third-order valence-corrected chi connectivity index (χ3v) is 9.39. The van der Waals surface area contributed by atoms with Gasteiger partial charge in [-0.15, -0.1) is 0 Å². The highest BCUT2D eigenvalue weighted by atomic mass is 35.5. The minimum atomic E-state index is -1.60. The van der Waals surface area contributed by atoms with Crippen LogP contribution in [-0.4, -0.2) is 77.0 Å². The molecule has 5 N–H and O–H groups in total. The Labute approximate surface area is 359 Å². The summed E-state index contributed by atoms with van der Waals surface area (Å²) >= 11 is 6.18. The number of methoxy groups -OCH3 is 1. The van der Waals surface area contributed by atoms with Gasteiger partial charge in [0.05, 0.1) is 13.5 Å². The Morgan fingerprint density at radius 1 is 0.656 bits per heavy atom. The predicted octanol–water partition coefficient (Wildman–Crippen LogP) is 6.79. The summed E-state index contributed by atoms with van der Waals surface area (Å²) in [7, 11) is 1.47. The van der Waals surface area contributed by atoms with Gasteiger partial charge in [0, 0.05) is 40.5 Å². The predicted molar refractivity (Wildman–Crippen MR) is 233 cm³/mol. The Balaban J connectivity index is 1.44. The standard InChI is InChI=1S/C46H52ClN5O9/c1-45(2,3)60-39(53)20-19-35(41(55)48-32-13-10-14-33(25-32)59-7)50-44(58)38(26-40(54)61-46(4,5)6)52-42(56)36(22-27-15-16-28-11-8-9-12-29(28)21-27)51-43(57)37-24-30-23-31(47)17-18-34(30)49-37/h8-18,21,23-25,35-36,38,49H,19-20,22,26H2,1-7H3,(H,48,55)(H,50,58)(H,51,57)(H,52,56)/t35-,36-,38+/m0/s1. The van der Waals surface area contributed by atoms with E-state index in [2.05, 4.69) is 26.3 Å². The van der Waals surface area contributed by atoms with Crippen molar-refractivity contribution < 1.29 is 43.0 Å². The van der Waals surface area contributed by atoms with E-state index < -0.39 is 71.3 Å². The molecule has 14 nitrogen and oxygen atoms in total. The summed E-state index contributed by atoms with van der Waals surface area (Å²) in [6.07, 6.45) is -1.09. The molecule has 5 aromatic rings. The Morgan fingerprint density at radius 2 is 1.33 bits per heavy atom. The molecule has 5 rings (SSSR count). The van der Waals surface area contributed by atoms with Gasteiger partial charge in [0.1, 0.15) is 40.8 Å². The molecule has 0 unspecified atom stereocenters. The summed E-state index contributed by atoms with van der Waals surface area (Å²) in [5.74, 6) is -3.97. The van der Waals surface area contributed by atoms with Crippen LogP contribution in [0.2, 0.25) is 5.02 Å². The van der Waals surface area contributed by atoms with Crippen molar-refractivity contribution in [3.8, 4) is 5.75 Å². The maximum absolute atomic E-state index is 14.4. The summed E-state index contributed by atoms with van der Waals surface area (Å²) in [5.41, 5.74) is 0.118. The van der Waals surface area contributed by atoms with Crippen molar-refractivity contribution in [2.24, 2.45) is 0 Å². The van der Waals surface area contributed by atoms with Gasteiger partial charge in [0.15, 0.2) is 0 Å². The van der Waals surface area contributed by atoms with Crippen molar-refractivity contribution in [1.29, 1.82) is 0 Å². The lowest BCUT2D eigenvalue weighted by atomic mass is 10.0. The summed E-state index contributed by atoms with van der Waals surface area (Å²) in [4.78, 5) is 85.4. The van der Waals surface area contributed by atoms with Gasteiger partial charge in [0.25, 0.3) is 5.91 Å². The minimum absolute atomic E-state index is 0.00328. The highest BCUT2D eigenvalue weighted by Crippen LogP contribution is 2.22. The fourth-order valence-corrected chi connectivity index (χ4v) is 6.61. The molecule has 1 heterocycles. The third kappa shape index (κ3) is 13.8. The molecular formula is C46H52ClN5O9. The number of esters is 2. The van der Waals surface area contributed by atoms with Crippen LogP contribution >= 0.6 is 11.6 Å². The molecule has 3 atom stereocenters. The van der Waals surface area contributed by atoms with Crippen LogP contribution in [0.15, 0.2) is 91.0 Å². The average Bonchev–Trinajstić information content (AvgIpc) is 3.61. The molecule has 0 saturated carbocycles. The molecule has 61 heavy (non-hydrogen) atoms. The first-order valence-electron chi connectivity index (χ1n) is 19.8. The lowest BCUT2D eigenvalue weighted by Gasteiger charge is -2.26. The number of hydrogen-bond donors (Lipinski definition) is 5. The zero-order valence-corrected chi connectivity index (χ0v) is 36.0. The Hall–Kier alpha value is -6.41. The maximum atomic E-state index is 14.4. The second-order valence-electron chi connectivity index (χ2n) is 16.6. The fraction of sp³-hybridized carbons (Fsp3) is 0.348. The van der Waals surface area contributed by atoms with E-state index in [4.69, 9.17) is 25.8 Å². The first kappa shape index (κ1) is 45.7. The van der Waals surface area contributed by atoms with E-state index in [1.54, 1.807) is 90.1 Å². The third-order valence-electron chi connectivity index (χ3n) is 9.15. The van der Waals surface area contributed by atoms with Gasteiger partial charge in [-0.2, -0.15) is 0 Å². The van der Waals surface area contributed by atoms with Crippen molar-refractivity contribution in [1.82, 2.24) is 20.9 Å². The van der Waals surface area contributed by atoms with Crippen LogP contribution in [0.3, 0.4) is 0 Å². The normalized spacial score (nSPS) is 13.0. The van der Waals surface area contributed by atoms with Crippen molar-refractivity contribution >= 4 is 74.5 Å². The van der Waals surface area contributed by atoms with Crippen LogP contribution in [0.5, 0.6) is 5.75 Å². The van der Waals surface area contributed by atoms with Gasteiger partial charge in [-0.25, -0.2) is 0 Å². The second kappa shape index (κ2) is 19.8. The molecule has 4 amide bonds. The highest BCUT2D eigenvalue weighted by molar-refractivity contribution is 6.31. The summed E-state index contributed by atoms with van der Waals surface area (Å²) in [6.45, 7) is 10.1. The van der Waals surface area contributed by atoms with Gasteiger partial charge in [-0.1, -0.05) is 60.1 Å². The molecule has 0 aliphatic carbocycles. The zero-order valence-electron chi connectivity index (χ0n) is 35.3. The molecule has 0 aliphatic rings. The number of carbonyl (C=O) groups excluding carboxylic acids is 6. The van der Waals surface area contributed by atoms with E-state index in [1.807, 2.05) is 42.5 Å². The van der Waals surface area contributed by atoms with E-state index in [1.165, 1.54) is 7.11 Å². The number of aromatic nitrogens is 1. The quantitative estimate of drug-likeness (QED) is 0.0665. The number of rotatable bonds is 16. The van der Waals surface area contributed by atoms with E-state index in [9.17, 15) is 28.8 Å². The van der Waals surface area contributed by atoms with Crippen LogP contribution in [0.25, 0.3) is 21.7 Å². The molecule has 0 radical (unpaired) electrons. The lowest BCUT2D eigenvalue weighted by Crippen LogP contribution is -2.57. The van der Waals surface area contributed by atoms with Gasteiger partial charge < -0.3 is 40.5 Å². The summed E-state index contributed by atoms with van der Waals surface area (Å²) < 4.78 is 16.2. The number of halogens is 1. The highest BCUT2D eigenvalue weighted by Gasteiger charge is 2.34. The number of hydrogen-bond acceptors (Lipinski definition) is 9. The Morgan fingerprint density at radius 3 is 2.03 bits per heavy atom. The molecule has 0 spiro atoms. The largest absolute Gasteiger partial charge is 0.497 e. The van der Waals surface area contributed by atoms with E-state index in [0.717, 1.165) is 10.8 Å². The topological polar surface area (TPSA) is 194 Å². The average molecular weight is 854 g/mol. The van der Waals surface area contributed by atoms with Crippen LogP contribution in [0.4, 0.5) is 5.69 Å². The Kier molecular flexibility index (Phi) is 14.8. The van der Waals surface area contributed by atoms with E-state index >= 15 is 0 Å². The van der Waals surface area contributed by atoms with Crippen molar-refractivity contribution in [3.05, 3.63) is 107 Å². The van der Waals surface area contributed by atoms with Gasteiger partial charge in [0.2, 0.25) is 17.7 Å². The number of H-pyrrole nitrogens is 1. The first-order chi connectivity index (χ1) is 28.7. The number of aromatic amines is 1. The molecule has 322 valence electrons. The number of ether oxygens (including phenoxy) is 3. The number of fused-ring (bicyclic) bond motifs is 2. The summed E-state index contributed by atoms with van der Waals surface area (Å²) in [6, 6.07) is 22.3. The minimum Gasteiger partial charge on any atom is -0.497 e. The monoisotopic (exact) mass is 853 g/mol. The first-order valence-corrected chi connectivity index (χ1v) is 20.2. The zero-order chi connectivity index (χ0) is 44.5. The van der Waals surface area contributed by atoms with Gasteiger partial charge >= 0.3 is 11.9 Å². The van der Waals surface area contributed by atoms with Crippen LogP contribution < -0.4 is 26.0 Å². The van der Waals surface area contributed by atoms with Crippen molar-refractivity contribution in [2.45, 2.75) is 96.6 Å². The van der Waals surface area contributed by atoms with Crippen molar-refractivity contribution in [3.63, 3.8) is 0 Å². The lowest BCUT2D eigenvalue weighted by molar-refractivity contribution is -0.156. The maximum Gasteiger partial charge on any atom is 0.308 e. The number of anilines is 1.